The van der Waals surface area contributed by atoms with Gasteiger partial charge in [-0.2, -0.15) is 0 Å². The highest BCUT2D eigenvalue weighted by Crippen LogP contribution is 2.14. The van der Waals surface area contributed by atoms with Crippen LogP contribution in [0.1, 0.15) is 18.2 Å². The van der Waals surface area contributed by atoms with E-state index in [1.807, 2.05) is 23.0 Å². The van der Waals surface area contributed by atoms with Crippen LogP contribution in [0, 0.1) is 0 Å². The van der Waals surface area contributed by atoms with Gasteiger partial charge in [0.1, 0.15) is 0 Å². The summed E-state index contributed by atoms with van der Waals surface area (Å²) >= 11 is 0. The third-order valence-corrected chi connectivity index (χ3v) is 2.56. The SMILES string of the molecule is CCc1ccccc1-n1cc(CCN)nn1. The number of rotatable bonds is 4. The lowest BCUT2D eigenvalue weighted by molar-refractivity contribution is 0.786. The Morgan fingerprint density at radius 3 is 2.88 bits per heavy atom. The Morgan fingerprint density at radius 2 is 2.12 bits per heavy atom. The van der Waals surface area contributed by atoms with Crippen LogP contribution < -0.4 is 5.73 Å². The topological polar surface area (TPSA) is 56.7 Å². The summed E-state index contributed by atoms with van der Waals surface area (Å²) in [7, 11) is 0. The minimum absolute atomic E-state index is 0.605. The first kappa shape index (κ1) is 10.8. The Balaban J connectivity index is 2.34. The van der Waals surface area contributed by atoms with Gasteiger partial charge in [-0.3, -0.25) is 0 Å². The minimum Gasteiger partial charge on any atom is -0.330 e. The maximum Gasteiger partial charge on any atom is 0.0844 e. The molecule has 1 aromatic carbocycles. The second kappa shape index (κ2) is 4.90. The number of nitrogens with zero attached hydrogens (tertiary/aromatic N) is 3. The van der Waals surface area contributed by atoms with Gasteiger partial charge in [-0.15, -0.1) is 5.10 Å². The quantitative estimate of drug-likeness (QED) is 0.838. The first-order valence-electron chi connectivity index (χ1n) is 5.54. The van der Waals surface area contributed by atoms with Gasteiger partial charge in [0, 0.05) is 6.42 Å². The van der Waals surface area contributed by atoms with Gasteiger partial charge in [-0.05, 0) is 24.6 Å². The van der Waals surface area contributed by atoms with Crippen molar-refractivity contribution in [2.24, 2.45) is 5.73 Å². The lowest BCUT2D eigenvalue weighted by Crippen LogP contribution is -2.02. The molecule has 4 heteroatoms. The van der Waals surface area contributed by atoms with E-state index in [0.717, 1.165) is 24.2 Å². The van der Waals surface area contributed by atoms with Crippen LogP contribution >= 0.6 is 0 Å². The molecule has 2 rings (SSSR count). The summed E-state index contributed by atoms with van der Waals surface area (Å²) in [4.78, 5) is 0. The van der Waals surface area contributed by atoms with Crippen molar-refractivity contribution >= 4 is 0 Å². The molecule has 0 fully saturated rings. The van der Waals surface area contributed by atoms with E-state index in [1.165, 1.54) is 5.56 Å². The van der Waals surface area contributed by atoms with Crippen LogP contribution in [0.5, 0.6) is 0 Å². The van der Waals surface area contributed by atoms with Crippen LogP contribution in [0.25, 0.3) is 5.69 Å². The highest BCUT2D eigenvalue weighted by Gasteiger charge is 2.05. The van der Waals surface area contributed by atoms with E-state index < -0.39 is 0 Å². The number of aromatic nitrogens is 3. The molecule has 0 aliphatic carbocycles. The van der Waals surface area contributed by atoms with Crippen LogP contribution in [-0.4, -0.2) is 21.5 Å². The molecule has 0 bridgehead atoms. The van der Waals surface area contributed by atoms with Crippen molar-refractivity contribution < 1.29 is 0 Å². The zero-order valence-corrected chi connectivity index (χ0v) is 9.43. The molecule has 0 saturated heterocycles. The smallest absolute Gasteiger partial charge is 0.0844 e. The summed E-state index contributed by atoms with van der Waals surface area (Å²) in [5.74, 6) is 0. The van der Waals surface area contributed by atoms with E-state index >= 15 is 0 Å². The highest BCUT2D eigenvalue weighted by molar-refractivity contribution is 5.40. The Hall–Kier alpha value is -1.68. The van der Waals surface area contributed by atoms with Crippen molar-refractivity contribution in [2.45, 2.75) is 19.8 Å². The van der Waals surface area contributed by atoms with Crippen molar-refractivity contribution in [1.29, 1.82) is 0 Å². The van der Waals surface area contributed by atoms with E-state index in [4.69, 9.17) is 5.73 Å². The van der Waals surface area contributed by atoms with E-state index in [2.05, 4.69) is 29.4 Å². The summed E-state index contributed by atoms with van der Waals surface area (Å²) < 4.78 is 1.82. The molecule has 1 heterocycles. The monoisotopic (exact) mass is 216 g/mol. The number of benzene rings is 1. The standard InChI is InChI=1S/C12H16N4/c1-2-10-5-3-4-6-12(10)16-9-11(7-8-13)14-15-16/h3-6,9H,2,7-8,13H2,1H3. The van der Waals surface area contributed by atoms with Crippen LogP contribution in [0.2, 0.25) is 0 Å². The Bertz CT molecular complexity index is 462. The van der Waals surface area contributed by atoms with E-state index in [9.17, 15) is 0 Å². The molecule has 2 N–H and O–H groups in total. The summed E-state index contributed by atoms with van der Waals surface area (Å²) in [5.41, 5.74) is 8.79. The van der Waals surface area contributed by atoms with Crippen molar-refractivity contribution in [3.05, 3.63) is 41.7 Å². The average molecular weight is 216 g/mol. The molecule has 0 unspecified atom stereocenters. The second-order valence-corrected chi connectivity index (χ2v) is 3.68. The van der Waals surface area contributed by atoms with Gasteiger partial charge in [-0.25, -0.2) is 4.68 Å². The second-order valence-electron chi connectivity index (χ2n) is 3.68. The molecule has 0 spiro atoms. The molecular formula is C12H16N4. The molecule has 84 valence electrons. The predicted octanol–water partition coefficient (Wildman–Crippen LogP) is 1.33. The summed E-state index contributed by atoms with van der Waals surface area (Å²) in [6, 6.07) is 8.22. The zero-order valence-electron chi connectivity index (χ0n) is 9.43. The summed E-state index contributed by atoms with van der Waals surface area (Å²) in [5, 5.41) is 8.22. The lowest BCUT2D eigenvalue weighted by atomic mass is 10.1. The maximum atomic E-state index is 5.49. The number of hydrogen-bond acceptors (Lipinski definition) is 3. The minimum atomic E-state index is 0.605. The van der Waals surface area contributed by atoms with Crippen molar-refractivity contribution in [3.63, 3.8) is 0 Å². The molecule has 16 heavy (non-hydrogen) atoms. The van der Waals surface area contributed by atoms with E-state index in [1.54, 1.807) is 0 Å². The van der Waals surface area contributed by atoms with Crippen LogP contribution in [-0.2, 0) is 12.8 Å². The molecule has 4 nitrogen and oxygen atoms in total. The first-order chi connectivity index (χ1) is 7.85. The number of hydrogen-bond donors (Lipinski definition) is 1. The Labute approximate surface area is 95.1 Å². The maximum absolute atomic E-state index is 5.49. The fourth-order valence-electron chi connectivity index (χ4n) is 1.71. The largest absolute Gasteiger partial charge is 0.330 e. The van der Waals surface area contributed by atoms with E-state index in [-0.39, 0.29) is 0 Å². The molecule has 1 aromatic heterocycles. The number of aryl methyl sites for hydroxylation is 1. The van der Waals surface area contributed by atoms with Crippen molar-refractivity contribution in [2.75, 3.05) is 6.54 Å². The zero-order chi connectivity index (χ0) is 11.4. The molecule has 0 aliphatic rings. The van der Waals surface area contributed by atoms with Crippen LogP contribution in [0.3, 0.4) is 0 Å². The molecule has 2 aromatic rings. The van der Waals surface area contributed by atoms with Crippen molar-refractivity contribution in [1.82, 2.24) is 15.0 Å². The Morgan fingerprint density at radius 1 is 1.31 bits per heavy atom. The van der Waals surface area contributed by atoms with Crippen LogP contribution in [0.4, 0.5) is 0 Å². The van der Waals surface area contributed by atoms with Gasteiger partial charge in [0.15, 0.2) is 0 Å². The van der Waals surface area contributed by atoms with Gasteiger partial charge in [0.25, 0.3) is 0 Å². The number of para-hydroxylation sites is 1. The molecule has 0 atom stereocenters. The molecular weight excluding hydrogens is 200 g/mol. The summed E-state index contributed by atoms with van der Waals surface area (Å²) in [6.45, 7) is 2.74. The third-order valence-electron chi connectivity index (χ3n) is 2.56. The Kier molecular flexibility index (Phi) is 3.31. The molecule has 0 amide bonds. The summed E-state index contributed by atoms with van der Waals surface area (Å²) in [6.07, 6.45) is 3.71. The molecule has 0 aliphatic heterocycles. The normalized spacial score (nSPS) is 10.6. The first-order valence-corrected chi connectivity index (χ1v) is 5.54. The third kappa shape index (κ3) is 2.12. The van der Waals surface area contributed by atoms with Gasteiger partial charge < -0.3 is 5.73 Å². The fraction of sp³-hybridized carbons (Fsp3) is 0.333. The average Bonchev–Trinajstić information content (AvgIpc) is 2.78. The van der Waals surface area contributed by atoms with Crippen LogP contribution in [0.15, 0.2) is 30.5 Å². The van der Waals surface area contributed by atoms with Gasteiger partial charge in [-0.1, -0.05) is 30.3 Å². The molecule has 0 saturated carbocycles. The molecule has 0 radical (unpaired) electrons. The number of nitrogens with two attached hydrogens (primary N) is 1. The lowest BCUT2D eigenvalue weighted by Gasteiger charge is -2.05. The fourth-order valence-corrected chi connectivity index (χ4v) is 1.71. The highest BCUT2D eigenvalue weighted by atomic mass is 15.4. The van der Waals surface area contributed by atoms with Gasteiger partial charge in [0.2, 0.25) is 0 Å². The predicted molar refractivity (Wildman–Crippen MR) is 63.5 cm³/mol. The van der Waals surface area contributed by atoms with Crippen molar-refractivity contribution in [3.8, 4) is 5.69 Å². The van der Waals surface area contributed by atoms with E-state index in [0.29, 0.717) is 6.54 Å². The van der Waals surface area contributed by atoms with Gasteiger partial charge >= 0.3 is 0 Å². The van der Waals surface area contributed by atoms with Gasteiger partial charge in [0.05, 0.1) is 17.6 Å².